The molecule has 0 saturated carbocycles. The van der Waals surface area contributed by atoms with Crippen molar-refractivity contribution in [3.8, 4) is 17.2 Å². The number of aliphatic hydroxyl groups excluding tert-OH is 1. The number of aromatic hydroxyl groups is 1. The summed E-state index contributed by atoms with van der Waals surface area (Å²) in [5, 5.41) is 28.2. The Hall–Kier alpha value is -5.95. The van der Waals surface area contributed by atoms with E-state index in [4.69, 9.17) is 14.5 Å². The van der Waals surface area contributed by atoms with Gasteiger partial charge in [0.15, 0.2) is 6.61 Å². The molecule has 4 heterocycles. The Labute approximate surface area is 344 Å². The summed E-state index contributed by atoms with van der Waals surface area (Å²) >= 11 is 0. The fourth-order valence-corrected chi connectivity index (χ4v) is 9.27. The van der Waals surface area contributed by atoms with Crippen molar-refractivity contribution in [1.82, 2.24) is 24.9 Å². The Morgan fingerprint density at radius 3 is 2.46 bits per heavy atom. The summed E-state index contributed by atoms with van der Waals surface area (Å²) in [5.74, 6) is 0.583. The molecule has 13 nitrogen and oxygen atoms in total. The number of unbranched alkanes of at least 4 members (excludes halogenated alkanes) is 1. The van der Waals surface area contributed by atoms with E-state index in [9.17, 15) is 24.6 Å². The Kier molecular flexibility index (Phi) is 11.1. The molecule has 4 aromatic rings. The third-order valence-corrected chi connectivity index (χ3v) is 12.4. The van der Waals surface area contributed by atoms with Crippen LogP contribution in [0.15, 0.2) is 95.7 Å². The van der Waals surface area contributed by atoms with Gasteiger partial charge in [-0.05, 0) is 105 Å². The number of allylic oxidation sites excluding steroid dienone is 1. The number of nitrogens with one attached hydrogen (secondary N) is 1. The van der Waals surface area contributed by atoms with E-state index < -0.39 is 16.9 Å². The third kappa shape index (κ3) is 8.21. The SMILES string of the molecule is Cn1nc(C2CCC(=O)NC2=O)c2cccc(OCC(=O)N3CCN(CCCCOc4ccc(CC5(C)C(c6ccc(O)cc6)=NC6(C)C=CC(O)=CC65)cc4)CC3)c21. The molecule has 3 aromatic carbocycles. The minimum atomic E-state index is -0.515. The monoisotopic (exact) mass is 800 g/mol. The summed E-state index contributed by atoms with van der Waals surface area (Å²) < 4.78 is 13.9. The maximum absolute atomic E-state index is 13.2. The van der Waals surface area contributed by atoms with E-state index in [0.717, 1.165) is 60.5 Å². The molecule has 308 valence electrons. The Morgan fingerprint density at radius 2 is 1.71 bits per heavy atom. The van der Waals surface area contributed by atoms with Crippen LogP contribution < -0.4 is 14.8 Å². The van der Waals surface area contributed by atoms with Crippen LogP contribution >= 0.6 is 0 Å². The van der Waals surface area contributed by atoms with Gasteiger partial charge in [0.25, 0.3) is 5.91 Å². The lowest BCUT2D eigenvalue weighted by atomic mass is 9.63. The number of para-hydroxylation sites is 1. The van der Waals surface area contributed by atoms with Gasteiger partial charge in [0.05, 0.1) is 29.5 Å². The first-order valence-corrected chi connectivity index (χ1v) is 20.5. The normalized spacial score (nSPS) is 24.4. The number of piperidine rings is 1. The molecule has 4 atom stereocenters. The average molecular weight is 801 g/mol. The standard InChI is InChI=1S/C46H52N6O7/c1-45(38-27-33(54)19-20-46(38,2)48-43(45)31-11-13-32(53)14-12-31)28-30-9-15-34(16-10-30)58-26-5-4-21-51-22-24-52(25-23-51)40(56)29-59-37-8-6-7-35-41(49-50(3)42(35)37)36-17-18-39(55)47-44(36)57/h6-16,19-20,27,36,38,53-54H,4-5,17-18,21-26,28-29H2,1-3H3,(H,47,55,57). The Balaban J connectivity index is 0.774. The number of hydrogen-bond acceptors (Lipinski definition) is 10. The zero-order chi connectivity index (χ0) is 41.3. The molecule has 2 saturated heterocycles. The van der Waals surface area contributed by atoms with Gasteiger partial charge in [-0.15, -0.1) is 0 Å². The smallest absolute Gasteiger partial charge is 0.260 e. The maximum Gasteiger partial charge on any atom is 0.260 e. The summed E-state index contributed by atoms with van der Waals surface area (Å²) in [5.41, 5.74) is 3.50. The van der Waals surface area contributed by atoms with Crippen molar-refractivity contribution in [3.63, 3.8) is 0 Å². The molecule has 4 aliphatic rings. The van der Waals surface area contributed by atoms with Crippen molar-refractivity contribution >= 4 is 34.3 Å². The lowest BCUT2D eigenvalue weighted by molar-refractivity contribution is -0.135. The van der Waals surface area contributed by atoms with E-state index >= 15 is 0 Å². The lowest BCUT2D eigenvalue weighted by Crippen LogP contribution is -2.50. The molecule has 13 heteroatoms. The number of imide groups is 1. The van der Waals surface area contributed by atoms with E-state index in [1.165, 1.54) is 0 Å². The minimum absolute atomic E-state index is 0.0406. The summed E-state index contributed by atoms with van der Waals surface area (Å²) in [6.07, 6.45) is 8.93. The van der Waals surface area contributed by atoms with Gasteiger partial charge in [-0.2, -0.15) is 5.10 Å². The van der Waals surface area contributed by atoms with Crippen LogP contribution in [0, 0.1) is 11.3 Å². The van der Waals surface area contributed by atoms with Crippen LogP contribution in [-0.2, 0) is 27.9 Å². The van der Waals surface area contributed by atoms with Crippen LogP contribution in [0.2, 0.25) is 0 Å². The highest BCUT2D eigenvalue weighted by atomic mass is 16.5. The topological polar surface area (TPSA) is 159 Å². The number of amides is 3. The predicted molar refractivity (Wildman–Crippen MR) is 224 cm³/mol. The van der Waals surface area contributed by atoms with Crippen molar-refractivity contribution in [2.24, 2.45) is 23.4 Å². The number of aliphatic hydroxyl groups is 1. The fourth-order valence-electron chi connectivity index (χ4n) is 9.27. The van der Waals surface area contributed by atoms with E-state index in [1.54, 1.807) is 36.0 Å². The van der Waals surface area contributed by atoms with Crippen LogP contribution in [0.1, 0.15) is 62.3 Å². The molecule has 8 rings (SSSR count). The molecule has 3 amide bonds. The highest BCUT2D eigenvalue weighted by Gasteiger charge is 2.53. The molecule has 3 aliphatic heterocycles. The van der Waals surface area contributed by atoms with Crippen molar-refractivity contribution in [1.29, 1.82) is 0 Å². The molecule has 0 spiro atoms. The van der Waals surface area contributed by atoms with Crippen LogP contribution in [0.5, 0.6) is 17.2 Å². The zero-order valence-electron chi connectivity index (χ0n) is 33.9. The average Bonchev–Trinajstić information content (AvgIpc) is 3.68. The molecule has 0 radical (unpaired) electrons. The molecule has 59 heavy (non-hydrogen) atoms. The molecule has 1 aliphatic carbocycles. The number of ether oxygens (including phenoxy) is 2. The summed E-state index contributed by atoms with van der Waals surface area (Å²) in [6.45, 7) is 8.63. The molecule has 0 bridgehead atoms. The predicted octanol–water partition coefficient (Wildman–Crippen LogP) is 5.62. The number of phenols is 1. The first-order valence-electron chi connectivity index (χ1n) is 20.5. The summed E-state index contributed by atoms with van der Waals surface area (Å²) in [7, 11) is 1.79. The number of hydrogen-bond donors (Lipinski definition) is 3. The summed E-state index contributed by atoms with van der Waals surface area (Å²) in [4.78, 5) is 46.9. The highest BCUT2D eigenvalue weighted by molar-refractivity contribution is 6.07. The number of aryl methyl sites for hydroxylation is 1. The number of nitrogens with zero attached hydrogens (tertiary/aromatic N) is 5. The van der Waals surface area contributed by atoms with E-state index in [-0.39, 0.29) is 48.2 Å². The van der Waals surface area contributed by atoms with Crippen LogP contribution in [0.4, 0.5) is 0 Å². The number of piperazine rings is 1. The molecule has 1 aromatic heterocycles. The van der Waals surface area contributed by atoms with Gasteiger partial charge in [0.1, 0.15) is 28.5 Å². The second-order valence-corrected chi connectivity index (χ2v) is 16.6. The number of fused-ring (bicyclic) bond motifs is 2. The van der Waals surface area contributed by atoms with E-state index in [2.05, 4.69) is 41.3 Å². The number of phenolic OH excluding ortho intramolecular Hbond substituents is 1. The maximum atomic E-state index is 13.2. The van der Waals surface area contributed by atoms with Gasteiger partial charge in [-0.3, -0.25) is 34.3 Å². The second-order valence-electron chi connectivity index (χ2n) is 16.6. The van der Waals surface area contributed by atoms with Crippen LogP contribution in [0.3, 0.4) is 0 Å². The molecule has 4 unspecified atom stereocenters. The summed E-state index contributed by atoms with van der Waals surface area (Å²) in [6, 6.07) is 21.0. The number of benzene rings is 3. The largest absolute Gasteiger partial charge is 0.508 e. The third-order valence-electron chi connectivity index (χ3n) is 12.4. The first-order chi connectivity index (χ1) is 28.4. The van der Waals surface area contributed by atoms with E-state index in [0.29, 0.717) is 49.5 Å². The first kappa shape index (κ1) is 39.9. The van der Waals surface area contributed by atoms with Crippen molar-refractivity contribution in [2.45, 2.75) is 57.4 Å². The van der Waals surface area contributed by atoms with Crippen molar-refractivity contribution in [2.75, 3.05) is 45.9 Å². The van der Waals surface area contributed by atoms with Gasteiger partial charge in [0, 0.05) is 56.4 Å². The number of aliphatic imine (C=N–C) groups is 1. The zero-order valence-corrected chi connectivity index (χ0v) is 33.9. The minimum Gasteiger partial charge on any atom is -0.508 e. The van der Waals surface area contributed by atoms with Gasteiger partial charge >= 0.3 is 0 Å². The van der Waals surface area contributed by atoms with Gasteiger partial charge in [0.2, 0.25) is 11.8 Å². The Bertz CT molecular complexity index is 2330. The van der Waals surface area contributed by atoms with E-state index in [1.807, 2.05) is 53.5 Å². The quantitative estimate of drug-likeness (QED) is 0.115. The Morgan fingerprint density at radius 1 is 0.949 bits per heavy atom. The van der Waals surface area contributed by atoms with Gasteiger partial charge < -0.3 is 24.6 Å². The fraction of sp³-hybridized carbons (Fsp3) is 0.413. The molecule has 2 fully saturated rings. The van der Waals surface area contributed by atoms with Crippen LogP contribution in [-0.4, -0.2) is 105 Å². The number of aromatic nitrogens is 2. The van der Waals surface area contributed by atoms with Gasteiger partial charge in [-0.1, -0.05) is 37.3 Å². The second kappa shape index (κ2) is 16.4. The highest BCUT2D eigenvalue weighted by Crippen LogP contribution is 2.52. The van der Waals surface area contributed by atoms with Crippen molar-refractivity contribution in [3.05, 3.63) is 108 Å². The van der Waals surface area contributed by atoms with Crippen molar-refractivity contribution < 1.29 is 34.1 Å². The molecular formula is C46H52N6O7. The molecule has 3 N–H and O–H groups in total. The molecular weight excluding hydrogens is 749 g/mol. The number of carbonyl (C=O) groups excluding carboxylic acids is 3. The lowest BCUT2D eigenvalue weighted by Gasteiger charge is -2.38. The number of carbonyl (C=O) groups is 3. The van der Waals surface area contributed by atoms with Gasteiger partial charge in [-0.25, -0.2) is 0 Å². The number of rotatable bonds is 13. The van der Waals surface area contributed by atoms with Crippen LogP contribution in [0.25, 0.3) is 10.9 Å².